The van der Waals surface area contributed by atoms with E-state index in [-0.39, 0.29) is 31.7 Å². The highest BCUT2D eigenvalue weighted by Gasteiger charge is 2.62. The molecule has 8 atom stereocenters. The van der Waals surface area contributed by atoms with Crippen molar-refractivity contribution in [2.75, 3.05) is 13.7 Å². The van der Waals surface area contributed by atoms with Crippen LogP contribution in [0.2, 0.25) is 0 Å². The number of aromatic nitrogens is 1. The maximum absolute atomic E-state index is 14.8. The Balaban J connectivity index is 1.34. The lowest BCUT2D eigenvalue weighted by Crippen LogP contribution is -2.57. The van der Waals surface area contributed by atoms with Gasteiger partial charge in [-0.1, -0.05) is 19.1 Å². The number of benzene rings is 1. The van der Waals surface area contributed by atoms with E-state index in [1.807, 2.05) is 6.08 Å². The number of sulfonamides is 1. The number of rotatable bonds is 10. The molecule has 1 saturated heterocycles. The van der Waals surface area contributed by atoms with Crippen molar-refractivity contribution in [2.24, 2.45) is 5.92 Å². The van der Waals surface area contributed by atoms with Gasteiger partial charge in [0, 0.05) is 23.9 Å². The molecule has 15 nitrogen and oxygen atoms in total. The number of amides is 4. The number of fused-ring (bicyclic) bond motifs is 3. The van der Waals surface area contributed by atoms with Crippen LogP contribution in [0, 0.1) is 5.92 Å². The van der Waals surface area contributed by atoms with Crippen LogP contribution in [-0.4, -0.2) is 108 Å². The fourth-order valence-corrected chi connectivity index (χ4v) is 9.64. The van der Waals surface area contributed by atoms with E-state index in [0.717, 1.165) is 5.39 Å². The van der Waals surface area contributed by atoms with Crippen molar-refractivity contribution in [2.45, 2.75) is 125 Å². The fourth-order valence-electron chi connectivity index (χ4n) is 7.16. The number of carbonyl (C=O) groups excluding carboxylic acids is 4. The van der Waals surface area contributed by atoms with Gasteiger partial charge in [0.15, 0.2) is 0 Å². The Morgan fingerprint density at radius 2 is 1.90 bits per heavy atom. The molecule has 3 fully saturated rings. The molecule has 2 aliphatic heterocycles. The second-order valence-corrected chi connectivity index (χ2v) is 18.8. The molecule has 58 heavy (non-hydrogen) atoms. The lowest BCUT2D eigenvalue weighted by molar-refractivity contribution is -0.243. The van der Waals surface area contributed by atoms with Gasteiger partial charge >= 0.3 is 12.3 Å². The molecule has 0 spiro atoms. The molecular weight excluding hydrogens is 806 g/mol. The van der Waals surface area contributed by atoms with E-state index < -0.39 is 101 Å². The molecule has 318 valence electrons. The first kappa shape index (κ1) is 43.4. The number of hydrogen-bond acceptors (Lipinski definition) is 11. The van der Waals surface area contributed by atoms with Crippen LogP contribution in [-0.2, 0) is 33.9 Å². The number of halogens is 3. The summed E-state index contributed by atoms with van der Waals surface area (Å²) in [7, 11) is -3.29. The zero-order chi connectivity index (χ0) is 42.2. The summed E-state index contributed by atoms with van der Waals surface area (Å²) in [6.45, 7) is 4.79. The van der Waals surface area contributed by atoms with Crippen LogP contribution in [0.15, 0.2) is 42.6 Å². The minimum Gasteiger partial charge on any atom is -0.497 e. The maximum atomic E-state index is 14.8. The van der Waals surface area contributed by atoms with Gasteiger partial charge in [0.05, 0.1) is 36.8 Å². The third-order valence-electron chi connectivity index (χ3n) is 10.9. The van der Waals surface area contributed by atoms with Gasteiger partial charge in [-0.25, -0.2) is 18.2 Å². The standard InChI is InChI=1S/C38H49F3N5O10PS/c1-6-29-30(57-44-35(50)56-36(3,4)38(39,40)41)33(48)46-20-25(55-32-27-14-11-24(53-5)17-22(27)15-16-42-32)18-28(46)31(47)43-37(34(49)45-58(51,52)26-12-13-26)19-23(37)10-8-7-9-21(2)54-29/h8,10-11,14-17,21,23,25-26,28-30,57H,6-7,9,12-13,18-20H2,1-5H3,(H,43,47)(H,44,50)(H,45,49)/b10-8-/t21-,23+,25-,28+,29+,30?,37-/m1/s1. The van der Waals surface area contributed by atoms with Crippen LogP contribution in [0.3, 0.4) is 0 Å². The quantitative estimate of drug-likeness (QED) is 0.223. The average Bonchev–Trinajstić information content (AvgIpc) is 4.08. The number of alkyl halides is 3. The normalized spacial score (nSPS) is 29.1. The number of methoxy groups -OCH3 is 1. The zero-order valence-corrected chi connectivity index (χ0v) is 34.6. The van der Waals surface area contributed by atoms with Gasteiger partial charge in [-0.3, -0.25) is 19.1 Å². The molecule has 2 aliphatic carbocycles. The molecule has 2 unspecified atom stereocenters. The van der Waals surface area contributed by atoms with Crippen LogP contribution < -0.4 is 24.6 Å². The summed E-state index contributed by atoms with van der Waals surface area (Å²) in [4.78, 5) is 61.6. The summed E-state index contributed by atoms with van der Waals surface area (Å²) in [6, 6.07) is 5.77. The topological polar surface area (TPSA) is 192 Å². The first-order valence-corrected chi connectivity index (χ1v) is 21.8. The number of nitrogens with one attached hydrogen (secondary N) is 3. The van der Waals surface area contributed by atoms with Crippen molar-refractivity contribution in [3.05, 3.63) is 42.6 Å². The van der Waals surface area contributed by atoms with E-state index in [1.165, 1.54) is 18.2 Å². The van der Waals surface area contributed by atoms with E-state index in [9.17, 15) is 40.8 Å². The first-order chi connectivity index (χ1) is 27.3. The van der Waals surface area contributed by atoms with Crippen LogP contribution in [0.1, 0.15) is 72.6 Å². The van der Waals surface area contributed by atoms with Crippen molar-refractivity contribution in [3.8, 4) is 11.6 Å². The Morgan fingerprint density at radius 1 is 1.16 bits per heavy atom. The largest absolute Gasteiger partial charge is 0.497 e. The monoisotopic (exact) mass is 855 g/mol. The summed E-state index contributed by atoms with van der Waals surface area (Å²) < 4.78 is 91.4. The van der Waals surface area contributed by atoms with E-state index >= 15 is 0 Å². The van der Waals surface area contributed by atoms with Crippen LogP contribution in [0.4, 0.5) is 18.0 Å². The molecule has 1 aromatic carbocycles. The number of carbonyl (C=O) groups is 4. The number of allylic oxidation sites excluding steroid dienone is 1. The molecule has 2 saturated carbocycles. The molecule has 3 N–H and O–H groups in total. The van der Waals surface area contributed by atoms with Gasteiger partial charge in [-0.05, 0) is 97.7 Å². The van der Waals surface area contributed by atoms with Crippen molar-refractivity contribution < 1.29 is 59.7 Å². The lowest BCUT2D eigenvalue weighted by atomic mass is 10.1. The minimum absolute atomic E-state index is 0.0799. The van der Waals surface area contributed by atoms with Crippen molar-refractivity contribution in [1.29, 1.82) is 0 Å². The van der Waals surface area contributed by atoms with E-state index in [2.05, 4.69) is 20.1 Å². The zero-order valence-electron chi connectivity index (χ0n) is 32.8. The van der Waals surface area contributed by atoms with Crippen molar-refractivity contribution >= 4 is 53.3 Å². The molecule has 0 bridgehead atoms. The number of ether oxygens (including phenoxy) is 4. The minimum atomic E-state index is -4.88. The van der Waals surface area contributed by atoms with Gasteiger partial charge in [0.1, 0.15) is 23.4 Å². The fraction of sp³-hybridized carbons (Fsp3) is 0.605. The molecule has 1 aromatic heterocycles. The van der Waals surface area contributed by atoms with Gasteiger partial charge in [-0.2, -0.15) is 13.2 Å². The number of pyridine rings is 1. The van der Waals surface area contributed by atoms with Crippen molar-refractivity contribution in [1.82, 2.24) is 25.0 Å². The predicted molar refractivity (Wildman–Crippen MR) is 207 cm³/mol. The van der Waals surface area contributed by atoms with Gasteiger partial charge in [0.25, 0.3) is 5.91 Å². The molecule has 20 heteroatoms. The summed E-state index contributed by atoms with van der Waals surface area (Å²) in [5.74, 6) is -2.02. The first-order valence-electron chi connectivity index (χ1n) is 19.2. The second-order valence-electron chi connectivity index (χ2n) is 15.7. The maximum Gasteiger partial charge on any atom is 0.427 e. The summed E-state index contributed by atoms with van der Waals surface area (Å²) in [5, 5.41) is 5.83. The van der Waals surface area contributed by atoms with Crippen molar-refractivity contribution in [3.63, 3.8) is 0 Å². The molecule has 2 aromatic rings. The van der Waals surface area contributed by atoms with Crippen LogP contribution >= 0.6 is 8.73 Å². The summed E-state index contributed by atoms with van der Waals surface area (Å²) in [5.41, 5.74) is -5.65. The Labute approximate surface area is 336 Å². The molecular formula is C38H49F3N5O10PS. The molecule has 4 aliphatic rings. The Bertz CT molecular complexity index is 2050. The van der Waals surface area contributed by atoms with E-state index in [0.29, 0.717) is 50.7 Å². The van der Waals surface area contributed by atoms with Gasteiger partial charge < -0.3 is 34.3 Å². The molecule has 4 amide bonds. The predicted octanol–water partition coefficient (Wildman–Crippen LogP) is 4.64. The van der Waals surface area contributed by atoms with Crippen LogP contribution in [0.5, 0.6) is 11.6 Å². The molecule has 0 radical (unpaired) electrons. The Hall–Kier alpha value is -4.22. The van der Waals surface area contributed by atoms with E-state index in [1.54, 1.807) is 44.2 Å². The molecule has 6 rings (SSSR count). The van der Waals surface area contributed by atoms with Gasteiger partial charge in [0.2, 0.25) is 33.3 Å². The number of hydrogen-bond donors (Lipinski definition) is 3. The average molecular weight is 856 g/mol. The summed E-state index contributed by atoms with van der Waals surface area (Å²) in [6.07, 6.45) is -1.23. The Kier molecular flexibility index (Phi) is 12.6. The van der Waals surface area contributed by atoms with Crippen LogP contribution in [0.25, 0.3) is 10.8 Å². The molecule has 3 heterocycles. The third-order valence-corrected chi connectivity index (χ3v) is 14.0. The highest BCUT2D eigenvalue weighted by Crippen LogP contribution is 2.46. The number of nitrogens with zero attached hydrogens (tertiary/aromatic N) is 2. The third kappa shape index (κ3) is 9.46. The lowest BCUT2D eigenvalue weighted by Gasteiger charge is -2.34. The van der Waals surface area contributed by atoms with E-state index in [4.69, 9.17) is 18.9 Å². The second kappa shape index (κ2) is 16.8. The highest BCUT2D eigenvalue weighted by atomic mass is 32.2. The van der Waals surface area contributed by atoms with Gasteiger partial charge in [-0.15, -0.1) is 0 Å². The smallest absolute Gasteiger partial charge is 0.427 e. The highest BCUT2D eigenvalue weighted by molar-refractivity contribution is 7.91. The SMILES string of the molecule is CC[C@@H]1O[C@H](C)CC/C=C\[C@H]2C[C@@]2(C(=O)NS(=O)(=O)C2CC2)NC(=O)[C@@H]2C[C@@H](Oc3nccc4cc(OC)ccc34)CN2C(=O)C1PNC(=O)OC(C)(C)C(F)(F)F. The Morgan fingerprint density at radius 3 is 2.57 bits per heavy atom. The summed E-state index contributed by atoms with van der Waals surface area (Å²) >= 11 is 0.